The quantitative estimate of drug-likeness (QED) is 0.0209. The van der Waals surface area contributed by atoms with Gasteiger partial charge in [-0.05, 0) is 140 Å². The number of ether oxygens (including phenoxy) is 15. The van der Waals surface area contributed by atoms with Crippen molar-refractivity contribution >= 4 is 18.3 Å². The van der Waals surface area contributed by atoms with Gasteiger partial charge in [0.1, 0.15) is 98.3 Å². The Morgan fingerprint density at radius 1 is 0.426 bits per heavy atom. The van der Waals surface area contributed by atoms with Crippen LogP contribution in [0.1, 0.15) is 99.5 Å². The number of benzene rings is 5. The zero-order valence-electron chi connectivity index (χ0n) is 68.7. The van der Waals surface area contributed by atoms with E-state index in [-0.39, 0.29) is 73.9 Å². The SMILES string of the molecule is CC[C@@H]1C=C[C@@H](NC(=O)OCc2ccccc2)[C@@H](O[C@H]2[C@H](O[C@@H]3O[C@H](CO)[C@@H](O[C@H]4O[C@@H](CNC(=O)OCc5ccccc5)C=C[C@H]4NC(=O)OCc4ccccc4)[C@H]3O)[C@@H](O)[C@H](CCc3cccc(O)c3)C[C@@H]2C)O1.NC[C@@H]1CC[C@@H](N)[C@@H](O[C@H]2[C@H](O[C@@H]3O[C@H](CO)[C@@H](O[C@H]4O[C@@H](CN)CC[C@H]4N)[C@H]3O)[C@@H](O)[C@H](CCc3cccc(O)c3)C[C@@H]2N)O1. The number of aryl methyl sites for hydroxylation is 2. The van der Waals surface area contributed by atoms with Crippen LogP contribution in [0, 0.1) is 17.8 Å². The number of alkyl carbamates (subject to hydrolysis) is 3. The molecule has 0 radical (unpaired) electrons. The molecule has 5 aromatic rings. The maximum atomic E-state index is 13.2. The number of carbonyl (C=O) groups excluding carboxylic acids is 3. The van der Waals surface area contributed by atoms with E-state index in [0.29, 0.717) is 83.7 Å². The number of phenolic OH excluding ortho intramolecular Hbond substituents is 2. The van der Waals surface area contributed by atoms with Crippen molar-refractivity contribution in [2.24, 2.45) is 46.4 Å². The lowest BCUT2D eigenvalue weighted by Crippen LogP contribution is -2.62. The van der Waals surface area contributed by atoms with Crippen LogP contribution in [0.25, 0.3) is 0 Å². The molecule has 4 saturated heterocycles. The predicted octanol–water partition coefficient (Wildman–Crippen LogP) is 3.91. The molecule has 0 unspecified atom stereocenters. The standard InChI is InChI=1S/C57H69N3O16.C31H53N5O10/c1-3-42-24-26-44(59-56(66)69-33-38-16-9-5-10-17-38)52(71-42)74-49-35(2)28-40(23-22-36-20-13-21-41(62)29-36)47(63)51(49)76-54-48(64)50(46(31-61)73-54)75-53-45(60-57(67)70-34-39-18-11-6-12-19-39)27-25-43(72-53)30-58-55(65)68-32-37-14-7-4-8-15-37;32-12-18-6-8-20(34)29(41-18)44-26-22(36)11-16(5-4-15-2-1-3-17(38)10-15)24(39)28(26)46-31-25(40)27(23(14-37)43-31)45-30-21(35)9-7-19(13-33)42-30/h4-21,24-27,29,35,40,42-54,61-64H,3,22-23,28,30-34H2,1-2H3,(H,58,65)(H,59,66)(H,60,67);1-3,10,16,18-31,37-40H,4-9,11-14,32-36H2/t35-,40+,42+,43+,44+,45+,46+,47-,48+,49+,50+,51+,52+,53+,54-;16-,18+,19-,20-,21-,22+,23-,24+,25-,26-,27-,28-,29-,30-,31+/m01/s1. The first kappa shape index (κ1) is 93.2. The average Bonchev–Trinajstić information content (AvgIpc) is 1.47. The molecule has 21 N–H and O–H groups in total. The van der Waals surface area contributed by atoms with Crippen LogP contribution in [-0.2, 0) is 104 Å². The molecule has 5 aromatic carbocycles. The molecule has 670 valence electrons. The number of nitrogens with two attached hydrogens (primary N) is 5. The number of nitrogens with one attached hydrogen (secondary N) is 3. The van der Waals surface area contributed by atoms with Crippen LogP contribution >= 0.6 is 0 Å². The minimum Gasteiger partial charge on any atom is -0.508 e. The molecule has 34 heteroatoms. The summed E-state index contributed by atoms with van der Waals surface area (Å²) in [5.41, 5.74) is 35.1. The minimum absolute atomic E-state index is 0.0256. The molecule has 6 heterocycles. The van der Waals surface area contributed by atoms with E-state index in [2.05, 4.69) is 16.0 Å². The topological polar surface area (TPSA) is 518 Å². The van der Waals surface area contributed by atoms with E-state index < -0.39 is 179 Å². The van der Waals surface area contributed by atoms with E-state index in [0.717, 1.165) is 27.8 Å². The number of hydrogen-bond donors (Lipinski definition) is 16. The number of aromatic hydroxyl groups is 2. The zero-order valence-corrected chi connectivity index (χ0v) is 68.7. The van der Waals surface area contributed by atoms with Gasteiger partial charge in [-0.15, -0.1) is 0 Å². The van der Waals surface area contributed by atoms with Crippen LogP contribution in [0.3, 0.4) is 0 Å². The molecule has 0 bridgehead atoms. The highest BCUT2D eigenvalue weighted by atomic mass is 16.8. The molecule has 0 spiro atoms. The first-order valence-electron chi connectivity index (χ1n) is 42.3. The van der Waals surface area contributed by atoms with Gasteiger partial charge < -0.3 is 157 Å². The van der Waals surface area contributed by atoms with Crippen molar-refractivity contribution in [3.05, 3.63) is 192 Å². The lowest BCUT2D eigenvalue weighted by Gasteiger charge is -2.46. The van der Waals surface area contributed by atoms with E-state index in [1.165, 1.54) is 0 Å². The number of aliphatic hydroxyl groups excluding tert-OH is 6. The van der Waals surface area contributed by atoms with Crippen LogP contribution in [0.2, 0.25) is 0 Å². The summed E-state index contributed by atoms with van der Waals surface area (Å²) in [4.78, 5) is 39.2. The van der Waals surface area contributed by atoms with Gasteiger partial charge in [0, 0.05) is 19.1 Å². The van der Waals surface area contributed by atoms with Gasteiger partial charge in [-0.3, -0.25) is 0 Å². The number of hydrogen-bond acceptors (Lipinski definition) is 31. The van der Waals surface area contributed by atoms with E-state index >= 15 is 0 Å². The van der Waals surface area contributed by atoms with Gasteiger partial charge in [0.15, 0.2) is 37.7 Å². The van der Waals surface area contributed by atoms with E-state index in [4.69, 9.17) is 99.7 Å². The summed E-state index contributed by atoms with van der Waals surface area (Å²) in [7, 11) is 0. The summed E-state index contributed by atoms with van der Waals surface area (Å²) >= 11 is 0. The van der Waals surface area contributed by atoms with Crippen molar-refractivity contribution in [3.8, 4) is 11.5 Å². The van der Waals surface area contributed by atoms with Gasteiger partial charge in [0.05, 0.1) is 74.6 Å². The second-order valence-corrected chi connectivity index (χ2v) is 32.4. The maximum Gasteiger partial charge on any atom is 0.408 e. The van der Waals surface area contributed by atoms with Crippen molar-refractivity contribution in [2.45, 2.75) is 270 Å². The van der Waals surface area contributed by atoms with Crippen LogP contribution in [0.5, 0.6) is 11.5 Å². The largest absolute Gasteiger partial charge is 0.508 e. The Balaban J connectivity index is 0.000000252. The van der Waals surface area contributed by atoms with Gasteiger partial charge >= 0.3 is 18.3 Å². The van der Waals surface area contributed by atoms with Crippen molar-refractivity contribution in [1.82, 2.24) is 16.0 Å². The Labute approximate surface area is 709 Å². The van der Waals surface area contributed by atoms with Crippen molar-refractivity contribution in [3.63, 3.8) is 0 Å². The number of amides is 3. The maximum absolute atomic E-state index is 13.2. The van der Waals surface area contributed by atoms with Gasteiger partial charge in [0.25, 0.3) is 0 Å². The molecule has 122 heavy (non-hydrogen) atoms. The predicted molar refractivity (Wildman–Crippen MR) is 438 cm³/mol. The number of rotatable bonds is 33. The average molecular weight is 1710 g/mol. The first-order valence-corrected chi connectivity index (χ1v) is 42.3. The molecule has 2 aliphatic carbocycles. The summed E-state index contributed by atoms with van der Waals surface area (Å²) in [6, 6.07) is 38.1. The normalized spacial score (nSPS) is 35.1. The lowest BCUT2D eigenvalue weighted by atomic mass is 9.74. The van der Waals surface area contributed by atoms with Crippen LogP contribution in [0.4, 0.5) is 14.4 Å². The van der Waals surface area contributed by atoms with E-state index in [1.807, 2.05) is 123 Å². The van der Waals surface area contributed by atoms with Gasteiger partial charge in [-0.1, -0.05) is 153 Å². The molecule has 3 amide bonds. The number of carbonyl (C=O) groups is 3. The summed E-state index contributed by atoms with van der Waals surface area (Å²) in [5, 5.41) is 96.9. The summed E-state index contributed by atoms with van der Waals surface area (Å²) in [5.74, 6) is -0.707. The molecule has 6 fully saturated rings. The third kappa shape index (κ3) is 25.7. The molecule has 6 aliphatic heterocycles. The van der Waals surface area contributed by atoms with Gasteiger partial charge in [0.2, 0.25) is 0 Å². The Morgan fingerprint density at radius 3 is 1.28 bits per heavy atom. The van der Waals surface area contributed by atoms with Crippen LogP contribution in [0.15, 0.2) is 164 Å². The highest BCUT2D eigenvalue weighted by molar-refractivity contribution is 5.69. The van der Waals surface area contributed by atoms with Gasteiger partial charge in [-0.2, -0.15) is 0 Å². The minimum atomic E-state index is -1.62. The Kier molecular flexibility index (Phi) is 35.0. The molecule has 13 rings (SSSR count). The Hall–Kier alpha value is -7.93. The number of aliphatic hydroxyl groups is 6. The van der Waals surface area contributed by atoms with Crippen molar-refractivity contribution in [1.29, 1.82) is 0 Å². The van der Waals surface area contributed by atoms with Crippen LogP contribution < -0.4 is 44.6 Å². The summed E-state index contributed by atoms with van der Waals surface area (Å²) < 4.78 is 91.9. The third-order valence-corrected chi connectivity index (χ3v) is 23.5. The highest BCUT2D eigenvalue weighted by Gasteiger charge is 2.56. The van der Waals surface area contributed by atoms with Crippen LogP contribution in [-0.4, -0.2) is 258 Å². The van der Waals surface area contributed by atoms with Gasteiger partial charge in [-0.25, -0.2) is 14.4 Å². The fourth-order valence-electron chi connectivity index (χ4n) is 16.7. The molecular weight excluding hydrogens is 1580 g/mol. The zero-order chi connectivity index (χ0) is 86.3. The molecule has 2 saturated carbocycles. The second-order valence-electron chi connectivity index (χ2n) is 32.4. The highest BCUT2D eigenvalue weighted by Crippen LogP contribution is 2.42. The first-order chi connectivity index (χ1) is 59.0. The van der Waals surface area contributed by atoms with E-state index in [1.54, 1.807) is 54.6 Å². The summed E-state index contributed by atoms with van der Waals surface area (Å²) in [6.07, 6.45) is -11.6. The monoisotopic (exact) mass is 1710 g/mol. The molecular formula is C88H122N8O26. The smallest absolute Gasteiger partial charge is 0.408 e. The Bertz CT molecular complexity index is 4070. The molecule has 8 aliphatic rings. The Morgan fingerprint density at radius 2 is 0.828 bits per heavy atom. The molecule has 0 aromatic heterocycles. The summed E-state index contributed by atoms with van der Waals surface area (Å²) in [6.45, 7) is 3.36. The molecule has 30 atom stereocenters. The van der Waals surface area contributed by atoms with Crippen molar-refractivity contribution < 1.29 is 126 Å². The fourth-order valence-corrected chi connectivity index (χ4v) is 16.7. The van der Waals surface area contributed by atoms with E-state index in [9.17, 15) is 55.2 Å². The lowest BCUT2D eigenvalue weighted by molar-refractivity contribution is -0.291. The fraction of sp³-hybridized carbons (Fsp3) is 0.580. The number of phenols is 2. The molecule has 34 nitrogen and oxygen atoms in total. The second kappa shape index (κ2) is 45.8. The third-order valence-electron chi connectivity index (χ3n) is 23.5. The van der Waals surface area contributed by atoms with Crippen molar-refractivity contribution in [2.75, 3.05) is 32.8 Å².